The summed E-state index contributed by atoms with van der Waals surface area (Å²) in [7, 11) is 0. The number of hydrogen-bond acceptors (Lipinski definition) is 4. The number of nitrogens with zero attached hydrogens (tertiary/aromatic N) is 2. The Morgan fingerprint density at radius 3 is 2.47 bits per heavy atom. The lowest BCUT2D eigenvalue weighted by Crippen LogP contribution is -2.34. The third kappa shape index (κ3) is 2.67. The zero-order valence-corrected chi connectivity index (χ0v) is 8.76. The van der Waals surface area contributed by atoms with Crippen molar-refractivity contribution in [1.82, 2.24) is 4.90 Å². The highest BCUT2D eigenvalue weighted by atomic mass is 16.3. The number of aliphatic hydroxyl groups is 2. The van der Waals surface area contributed by atoms with Crippen molar-refractivity contribution in [3.05, 3.63) is 0 Å². The lowest BCUT2D eigenvalue weighted by Gasteiger charge is -2.18. The average molecular weight is 212 g/mol. The molecule has 3 unspecified atom stereocenters. The van der Waals surface area contributed by atoms with Gasteiger partial charge in [0.25, 0.3) is 0 Å². The second-order valence-electron chi connectivity index (χ2n) is 3.85. The first-order valence-electron chi connectivity index (χ1n) is 5.14. The van der Waals surface area contributed by atoms with Crippen LogP contribution in [-0.2, 0) is 4.79 Å². The third-order valence-corrected chi connectivity index (χ3v) is 2.60. The number of nitriles is 1. The maximum Gasteiger partial charge on any atom is 0.240 e. The molecule has 1 amide bonds. The summed E-state index contributed by atoms with van der Waals surface area (Å²) in [6.45, 7) is 2.16. The molecule has 15 heavy (non-hydrogen) atoms. The summed E-state index contributed by atoms with van der Waals surface area (Å²) < 4.78 is 0. The number of β-amino-alcohol motifs (C(OH)–C–C–N with tert-alkyl or cyclic N) is 2. The van der Waals surface area contributed by atoms with E-state index in [1.165, 1.54) is 4.90 Å². The molecule has 2 N–H and O–H groups in total. The lowest BCUT2D eigenvalue weighted by atomic mass is 10.0. The van der Waals surface area contributed by atoms with Gasteiger partial charge in [0.1, 0.15) is 5.92 Å². The predicted molar refractivity (Wildman–Crippen MR) is 52.6 cm³/mol. The Labute approximate surface area is 88.9 Å². The number of hydrogen-bond donors (Lipinski definition) is 2. The van der Waals surface area contributed by atoms with Crippen molar-refractivity contribution in [2.24, 2.45) is 5.92 Å². The van der Waals surface area contributed by atoms with Crippen LogP contribution >= 0.6 is 0 Å². The molecule has 0 saturated carbocycles. The van der Waals surface area contributed by atoms with Crippen molar-refractivity contribution >= 4 is 5.91 Å². The molecule has 5 heteroatoms. The van der Waals surface area contributed by atoms with Gasteiger partial charge in [-0.05, 0) is 6.42 Å². The van der Waals surface area contributed by atoms with E-state index in [9.17, 15) is 15.0 Å². The fourth-order valence-corrected chi connectivity index (χ4v) is 1.70. The third-order valence-electron chi connectivity index (χ3n) is 2.60. The molecular formula is C10H16N2O3. The minimum atomic E-state index is -0.880. The molecule has 1 rings (SSSR count). The van der Waals surface area contributed by atoms with E-state index in [0.717, 1.165) is 6.42 Å². The largest absolute Gasteiger partial charge is 0.388 e. The maximum atomic E-state index is 11.7. The Bertz CT molecular complexity index is 264. The smallest absolute Gasteiger partial charge is 0.240 e. The molecular weight excluding hydrogens is 196 g/mol. The van der Waals surface area contributed by atoms with E-state index in [-0.39, 0.29) is 19.0 Å². The topological polar surface area (TPSA) is 84.6 Å². The summed E-state index contributed by atoms with van der Waals surface area (Å²) in [6, 6.07) is 1.95. The molecule has 1 aliphatic rings. The van der Waals surface area contributed by atoms with Crippen LogP contribution < -0.4 is 0 Å². The molecule has 0 aliphatic carbocycles. The van der Waals surface area contributed by atoms with Gasteiger partial charge in [0.2, 0.25) is 5.91 Å². The molecule has 0 aromatic carbocycles. The van der Waals surface area contributed by atoms with Gasteiger partial charge in [0, 0.05) is 13.1 Å². The number of likely N-dealkylation sites (tertiary alicyclic amines) is 1. The molecule has 1 heterocycles. The van der Waals surface area contributed by atoms with Gasteiger partial charge in [-0.3, -0.25) is 4.79 Å². The molecule has 5 nitrogen and oxygen atoms in total. The fraction of sp³-hybridized carbons (Fsp3) is 0.800. The zero-order chi connectivity index (χ0) is 11.4. The Morgan fingerprint density at radius 2 is 2.07 bits per heavy atom. The van der Waals surface area contributed by atoms with Gasteiger partial charge in [-0.15, -0.1) is 0 Å². The first kappa shape index (κ1) is 12.0. The van der Waals surface area contributed by atoms with Crippen molar-refractivity contribution in [1.29, 1.82) is 5.26 Å². The van der Waals surface area contributed by atoms with Crippen LogP contribution in [0.25, 0.3) is 0 Å². The van der Waals surface area contributed by atoms with Gasteiger partial charge in [-0.25, -0.2) is 0 Å². The van der Waals surface area contributed by atoms with Crippen LogP contribution in [0.5, 0.6) is 0 Å². The first-order valence-corrected chi connectivity index (χ1v) is 5.14. The number of amides is 1. The van der Waals surface area contributed by atoms with Crippen LogP contribution in [0.3, 0.4) is 0 Å². The van der Waals surface area contributed by atoms with Crippen molar-refractivity contribution < 1.29 is 15.0 Å². The van der Waals surface area contributed by atoms with Crippen LogP contribution in [0.1, 0.15) is 19.8 Å². The molecule has 0 aromatic rings. The second-order valence-corrected chi connectivity index (χ2v) is 3.85. The van der Waals surface area contributed by atoms with Crippen molar-refractivity contribution in [2.45, 2.75) is 32.0 Å². The molecule has 0 aromatic heterocycles. The van der Waals surface area contributed by atoms with Crippen LogP contribution in [0.2, 0.25) is 0 Å². The molecule has 1 fully saturated rings. The van der Waals surface area contributed by atoms with E-state index >= 15 is 0 Å². The van der Waals surface area contributed by atoms with E-state index in [4.69, 9.17) is 5.26 Å². The molecule has 1 aliphatic heterocycles. The van der Waals surface area contributed by atoms with E-state index < -0.39 is 18.1 Å². The fourth-order valence-electron chi connectivity index (χ4n) is 1.70. The van der Waals surface area contributed by atoms with Gasteiger partial charge in [0.15, 0.2) is 0 Å². The zero-order valence-electron chi connectivity index (χ0n) is 8.76. The quantitative estimate of drug-likeness (QED) is 0.660. The summed E-state index contributed by atoms with van der Waals surface area (Å²) in [6.07, 6.45) is -0.467. The Morgan fingerprint density at radius 1 is 1.53 bits per heavy atom. The molecule has 0 radical (unpaired) electrons. The van der Waals surface area contributed by atoms with Crippen LogP contribution in [0.15, 0.2) is 0 Å². The summed E-state index contributed by atoms with van der Waals surface area (Å²) in [5.41, 5.74) is 0. The van der Waals surface area contributed by atoms with E-state index in [1.54, 1.807) is 0 Å². The Kier molecular flexibility index (Phi) is 4.06. The van der Waals surface area contributed by atoms with Crippen molar-refractivity contribution in [3.63, 3.8) is 0 Å². The van der Waals surface area contributed by atoms with Crippen LogP contribution in [0.4, 0.5) is 0 Å². The van der Waals surface area contributed by atoms with Crippen LogP contribution in [-0.4, -0.2) is 46.3 Å². The summed E-state index contributed by atoms with van der Waals surface area (Å²) in [4.78, 5) is 13.1. The number of carbonyl (C=O) groups is 1. The minimum absolute atomic E-state index is 0.127. The standard InChI is InChI=1S/C10H16N2O3/c1-2-3-7(4-11)10(15)12-5-8(13)9(14)6-12/h7-9,13-14H,2-3,5-6H2,1H3. The summed E-state index contributed by atoms with van der Waals surface area (Å²) >= 11 is 0. The highest BCUT2D eigenvalue weighted by molar-refractivity contribution is 5.81. The van der Waals surface area contributed by atoms with Gasteiger partial charge in [-0.1, -0.05) is 13.3 Å². The lowest BCUT2D eigenvalue weighted by molar-refractivity contribution is -0.133. The summed E-state index contributed by atoms with van der Waals surface area (Å²) in [5, 5.41) is 27.3. The molecule has 3 atom stereocenters. The van der Waals surface area contributed by atoms with Crippen molar-refractivity contribution in [3.8, 4) is 6.07 Å². The SMILES string of the molecule is CCCC(C#N)C(=O)N1CC(O)C(O)C1. The predicted octanol–water partition coefficient (Wildman–Crippen LogP) is -0.510. The molecule has 84 valence electrons. The summed E-state index contributed by atoms with van der Waals surface area (Å²) in [5.74, 6) is -0.928. The van der Waals surface area contributed by atoms with E-state index in [0.29, 0.717) is 6.42 Å². The van der Waals surface area contributed by atoms with Gasteiger partial charge in [-0.2, -0.15) is 5.26 Å². The second kappa shape index (κ2) is 5.10. The van der Waals surface area contributed by atoms with Crippen LogP contribution in [0, 0.1) is 17.2 Å². The monoisotopic (exact) mass is 212 g/mol. The minimum Gasteiger partial charge on any atom is -0.388 e. The number of rotatable bonds is 3. The van der Waals surface area contributed by atoms with E-state index in [1.807, 2.05) is 13.0 Å². The molecule has 0 spiro atoms. The molecule has 0 bridgehead atoms. The normalized spacial score (nSPS) is 27.5. The highest BCUT2D eigenvalue weighted by Crippen LogP contribution is 2.16. The average Bonchev–Trinajstić information content (AvgIpc) is 2.55. The van der Waals surface area contributed by atoms with Crippen molar-refractivity contribution in [2.75, 3.05) is 13.1 Å². The van der Waals surface area contributed by atoms with Gasteiger partial charge in [0.05, 0.1) is 18.3 Å². The highest BCUT2D eigenvalue weighted by Gasteiger charge is 2.35. The van der Waals surface area contributed by atoms with Gasteiger partial charge >= 0.3 is 0 Å². The Balaban J connectivity index is 2.57. The van der Waals surface area contributed by atoms with E-state index in [2.05, 4.69) is 0 Å². The number of carbonyl (C=O) groups excluding carboxylic acids is 1. The molecule has 1 saturated heterocycles. The van der Waals surface area contributed by atoms with Gasteiger partial charge < -0.3 is 15.1 Å². The maximum absolute atomic E-state index is 11.7. The first-order chi connectivity index (χ1) is 7.10. The Hall–Kier alpha value is -1.12. The number of aliphatic hydroxyl groups excluding tert-OH is 2.